The molecule has 2 unspecified atom stereocenters. The molecule has 1 aromatic heterocycles. The number of nitrogens with one attached hydrogen (secondary N) is 1. The van der Waals surface area contributed by atoms with Crippen molar-refractivity contribution in [1.29, 1.82) is 0 Å². The predicted molar refractivity (Wildman–Crippen MR) is 79.5 cm³/mol. The topological polar surface area (TPSA) is 24.9 Å². The van der Waals surface area contributed by atoms with Crippen LogP contribution in [-0.2, 0) is 12.0 Å². The van der Waals surface area contributed by atoms with Gasteiger partial charge in [0, 0.05) is 22.7 Å². The first-order valence-electron chi connectivity index (χ1n) is 6.75. The van der Waals surface area contributed by atoms with Crippen molar-refractivity contribution in [3.8, 4) is 0 Å². The van der Waals surface area contributed by atoms with E-state index in [9.17, 15) is 0 Å². The Morgan fingerprint density at radius 2 is 2.22 bits per heavy atom. The van der Waals surface area contributed by atoms with Crippen LogP contribution in [0.4, 0.5) is 0 Å². The lowest BCUT2D eigenvalue weighted by molar-refractivity contribution is 0.488. The second-order valence-corrected chi connectivity index (χ2v) is 7.84. The Bertz CT molecular complexity index is 383. The van der Waals surface area contributed by atoms with Crippen LogP contribution in [0, 0.1) is 5.92 Å². The molecule has 0 aromatic carbocycles. The van der Waals surface area contributed by atoms with Gasteiger partial charge in [0.1, 0.15) is 5.01 Å². The van der Waals surface area contributed by atoms with Crippen LogP contribution in [0.25, 0.3) is 0 Å². The minimum Gasteiger partial charge on any atom is -0.310 e. The van der Waals surface area contributed by atoms with Gasteiger partial charge in [0.05, 0.1) is 5.69 Å². The van der Waals surface area contributed by atoms with Gasteiger partial charge in [-0.3, -0.25) is 0 Å². The van der Waals surface area contributed by atoms with Gasteiger partial charge in [0.2, 0.25) is 0 Å². The molecule has 0 radical (unpaired) electrons. The van der Waals surface area contributed by atoms with Crippen molar-refractivity contribution in [2.45, 2.75) is 57.4 Å². The van der Waals surface area contributed by atoms with Gasteiger partial charge in [-0.15, -0.1) is 22.9 Å². The molecule has 1 aromatic rings. The molecule has 1 N–H and O–H groups in total. The van der Waals surface area contributed by atoms with Gasteiger partial charge in [-0.05, 0) is 31.7 Å². The SMILES string of the molecule is CC(C)(C)c1csc(CNCC2CCC(Cl)C2)n1. The average Bonchev–Trinajstić information content (AvgIpc) is 2.87. The molecule has 0 aliphatic heterocycles. The maximum atomic E-state index is 6.12. The van der Waals surface area contributed by atoms with E-state index in [2.05, 4.69) is 31.5 Å². The molecule has 102 valence electrons. The van der Waals surface area contributed by atoms with Crippen LogP contribution in [0.15, 0.2) is 5.38 Å². The van der Waals surface area contributed by atoms with Crippen molar-refractivity contribution >= 4 is 22.9 Å². The third-order valence-electron chi connectivity index (χ3n) is 3.51. The molecule has 4 heteroatoms. The van der Waals surface area contributed by atoms with Crippen molar-refractivity contribution in [3.63, 3.8) is 0 Å². The van der Waals surface area contributed by atoms with Gasteiger partial charge in [-0.1, -0.05) is 20.8 Å². The van der Waals surface area contributed by atoms with Crippen molar-refractivity contribution in [1.82, 2.24) is 10.3 Å². The summed E-state index contributed by atoms with van der Waals surface area (Å²) in [4.78, 5) is 4.69. The van der Waals surface area contributed by atoms with Crippen LogP contribution in [0.5, 0.6) is 0 Å². The summed E-state index contributed by atoms with van der Waals surface area (Å²) >= 11 is 7.88. The Hall–Kier alpha value is -0.120. The van der Waals surface area contributed by atoms with E-state index >= 15 is 0 Å². The number of nitrogens with zero attached hydrogens (tertiary/aromatic N) is 1. The minimum atomic E-state index is 0.159. The molecule has 0 bridgehead atoms. The Kier molecular flexibility index (Phi) is 4.68. The smallest absolute Gasteiger partial charge is 0.107 e. The first-order valence-corrected chi connectivity index (χ1v) is 8.06. The number of aromatic nitrogens is 1. The Morgan fingerprint density at radius 1 is 1.44 bits per heavy atom. The Balaban J connectivity index is 1.75. The van der Waals surface area contributed by atoms with Gasteiger partial charge in [0.25, 0.3) is 0 Å². The lowest BCUT2D eigenvalue weighted by atomic mass is 9.93. The second kappa shape index (κ2) is 5.89. The molecule has 0 amide bonds. The third kappa shape index (κ3) is 3.94. The fraction of sp³-hybridized carbons (Fsp3) is 0.786. The molecular weight excluding hydrogens is 264 g/mol. The van der Waals surface area contributed by atoms with Crippen LogP contribution in [0.3, 0.4) is 0 Å². The molecule has 0 spiro atoms. The summed E-state index contributed by atoms with van der Waals surface area (Å²) in [7, 11) is 0. The highest BCUT2D eigenvalue weighted by atomic mass is 35.5. The molecule has 0 saturated heterocycles. The van der Waals surface area contributed by atoms with E-state index in [1.54, 1.807) is 11.3 Å². The number of hydrogen-bond donors (Lipinski definition) is 1. The molecule has 1 heterocycles. The summed E-state index contributed by atoms with van der Waals surface area (Å²) in [5, 5.41) is 7.30. The molecule has 1 aliphatic rings. The standard InChI is InChI=1S/C14H23ClN2S/c1-14(2,3)12-9-18-13(17-12)8-16-7-10-4-5-11(15)6-10/h9-11,16H,4-8H2,1-3H3. The molecule has 1 aliphatic carbocycles. The summed E-state index contributed by atoms with van der Waals surface area (Å²) < 4.78 is 0. The highest BCUT2D eigenvalue weighted by molar-refractivity contribution is 7.09. The van der Waals surface area contributed by atoms with Crippen LogP contribution >= 0.6 is 22.9 Å². The summed E-state index contributed by atoms with van der Waals surface area (Å²) in [6, 6.07) is 0. The maximum Gasteiger partial charge on any atom is 0.107 e. The normalized spacial score (nSPS) is 24.7. The Labute approximate surface area is 119 Å². The molecule has 1 saturated carbocycles. The summed E-state index contributed by atoms with van der Waals surface area (Å²) in [6.07, 6.45) is 3.62. The number of halogens is 1. The number of alkyl halides is 1. The van der Waals surface area contributed by atoms with Gasteiger partial charge >= 0.3 is 0 Å². The van der Waals surface area contributed by atoms with Crippen molar-refractivity contribution in [3.05, 3.63) is 16.1 Å². The van der Waals surface area contributed by atoms with E-state index in [1.807, 2.05) is 0 Å². The largest absolute Gasteiger partial charge is 0.310 e. The maximum absolute atomic E-state index is 6.12. The molecule has 1 fully saturated rings. The molecule has 18 heavy (non-hydrogen) atoms. The fourth-order valence-electron chi connectivity index (χ4n) is 2.32. The van der Waals surface area contributed by atoms with Gasteiger partial charge in [-0.25, -0.2) is 4.98 Å². The number of hydrogen-bond acceptors (Lipinski definition) is 3. The lowest BCUT2D eigenvalue weighted by Crippen LogP contribution is -2.21. The molecule has 2 atom stereocenters. The number of thiazole rings is 1. The van der Waals surface area contributed by atoms with E-state index < -0.39 is 0 Å². The lowest BCUT2D eigenvalue weighted by Gasteiger charge is -2.14. The highest BCUT2D eigenvalue weighted by Crippen LogP contribution is 2.29. The quantitative estimate of drug-likeness (QED) is 0.848. The van der Waals surface area contributed by atoms with Crippen molar-refractivity contribution in [2.24, 2.45) is 5.92 Å². The fourth-order valence-corrected chi connectivity index (χ4v) is 3.69. The van der Waals surface area contributed by atoms with Gasteiger partial charge < -0.3 is 5.32 Å². The molecule has 2 nitrogen and oxygen atoms in total. The van der Waals surface area contributed by atoms with Crippen LogP contribution in [0.2, 0.25) is 0 Å². The summed E-state index contributed by atoms with van der Waals surface area (Å²) in [5.41, 5.74) is 1.36. The number of rotatable bonds is 4. The zero-order valence-electron chi connectivity index (χ0n) is 11.5. The first kappa shape index (κ1) is 14.3. The third-order valence-corrected chi connectivity index (χ3v) is 4.75. The van der Waals surface area contributed by atoms with E-state index in [4.69, 9.17) is 16.6 Å². The minimum absolute atomic E-state index is 0.159. The average molecular weight is 287 g/mol. The van der Waals surface area contributed by atoms with Crippen molar-refractivity contribution in [2.75, 3.05) is 6.54 Å². The predicted octanol–water partition coefficient (Wildman–Crippen LogP) is 3.94. The first-order chi connectivity index (χ1) is 8.45. The molecule has 2 rings (SSSR count). The van der Waals surface area contributed by atoms with Crippen LogP contribution < -0.4 is 5.32 Å². The molecular formula is C14H23ClN2S. The highest BCUT2D eigenvalue weighted by Gasteiger charge is 2.22. The van der Waals surface area contributed by atoms with E-state index in [1.165, 1.54) is 30.0 Å². The monoisotopic (exact) mass is 286 g/mol. The zero-order valence-corrected chi connectivity index (χ0v) is 13.1. The van der Waals surface area contributed by atoms with E-state index in [0.717, 1.165) is 19.0 Å². The van der Waals surface area contributed by atoms with Gasteiger partial charge in [0.15, 0.2) is 0 Å². The van der Waals surface area contributed by atoms with Crippen LogP contribution in [-0.4, -0.2) is 16.9 Å². The summed E-state index contributed by atoms with van der Waals surface area (Å²) in [6.45, 7) is 8.59. The van der Waals surface area contributed by atoms with E-state index in [-0.39, 0.29) is 5.41 Å². The zero-order chi connectivity index (χ0) is 13.2. The summed E-state index contributed by atoms with van der Waals surface area (Å²) in [5.74, 6) is 0.759. The van der Waals surface area contributed by atoms with Crippen molar-refractivity contribution < 1.29 is 0 Å². The van der Waals surface area contributed by atoms with E-state index in [0.29, 0.717) is 5.38 Å². The van der Waals surface area contributed by atoms with Crippen LogP contribution in [0.1, 0.15) is 50.7 Å². The van der Waals surface area contributed by atoms with Gasteiger partial charge in [-0.2, -0.15) is 0 Å². The second-order valence-electron chi connectivity index (χ2n) is 6.28. The Morgan fingerprint density at radius 3 is 2.78 bits per heavy atom.